The zero-order chi connectivity index (χ0) is 15.5. The lowest BCUT2D eigenvalue weighted by Gasteiger charge is -2.44. The first-order valence-electron chi connectivity index (χ1n) is 6.91. The van der Waals surface area contributed by atoms with Crippen LogP contribution in [0.1, 0.15) is 41.5 Å². The molecular weight excluding hydrogens is 256 g/mol. The fourth-order valence-electron chi connectivity index (χ4n) is 1.52. The van der Waals surface area contributed by atoms with Gasteiger partial charge in [-0.05, 0) is 25.1 Å². The minimum atomic E-state index is -1.93. The first kappa shape index (κ1) is 18.8. The molecule has 0 heterocycles. The van der Waals surface area contributed by atoms with E-state index in [1.165, 1.54) is 0 Å². The van der Waals surface area contributed by atoms with Crippen LogP contribution in [0.3, 0.4) is 0 Å². The van der Waals surface area contributed by atoms with Crippen molar-refractivity contribution in [2.24, 2.45) is 5.41 Å². The highest BCUT2D eigenvalue weighted by Crippen LogP contribution is 2.40. The van der Waals surface area contributed by atoms with Gasteiger partial charge in [0, 0.05) is 12.5 Å². The number of methoxy groups -OCH3 is 1. The molecule has 0 saturated heterocycles. The highest BCUT2D eigenvalue weighted by atomic mass is 28.4. The van der Waals surface area contributed by atoms with Gasteiger partial charge in [-0.2, -0.15) is 0 Å². The van der Waals surface area contributed by atoms with Gasteiger partial charge in [-0.1, -0.05) is 46.8 Å². The van der Waals surface area contributed by atoms with Crippen LogP contribution in [-0.2, 0) is 9.16 Å². The third-order valence-electron chi connectivity index (χ3n) is 4.17. The Morgan fingerprint density at radius 1 is 1.11 bits per heavy atom. The minimum Gasteiger partial charge on any atom is -0.392 e. The van der Waals surface area contributed by atoms with Crippen molar-refractivity contribution >= 4 is 8.32 Å². The summed E-state index contributed by atoms with van der Waals surface area (Å²) in [5, 5.41) is 10.4. The SMILES string of the molecule is C/C=C/C(O)C(C)(C)C(OC)O[Si](C)(C)C(C)(C)C. The van der Waals surface area contributed by atoms with Crippen LogP contribution in [0.4, 0.5) is 0 Å². The Hall–Kier alpha value is -0.163. The number of allylic oxidation sites excluding steroid dienone is 1. The van der Waals surface area contributed by atoms with Crippen molar-refractivity contribution in [2.75, 3.05) is 7.11 Å². The van der Waals surface area contributed by atoms with E-state index in [1.807, 2.05) is 26.8 Å². The molecule has 0 rings (SSSR count). The molecule has 0 fully saturated rings. The fourth-order valence-corrected chi connectivity index (χ4v) is 2.81. The van der Waals surface area contributed by atoms with Gasteiger partial charge >= 0.3 is 0 Å². The average molecular weight is 289 g/mol. The third kappa shape index (κ3) is 4.70. The van der Waals surface area contributed by atoms with E-state index in [9.17, 15) is 5.11 Å². The van der Waals surface area contributed by atoms with Gasteiger partial charge in [-0.15, -0.1) is 0 Å². The van der Waals surface area contributed by atoms with Gasteiger partial charge in [0.1, 0.15) is 0 Å². The summed E-state index contributed by atoms with van der Waals surface area (Å²) < 4.78 is 11.8. The zero-order valence-corrected chi connectivity index (χ0v) is 15.1. The first-order valence-corrected chi connectivity index (χ1v) is 9.82. The summed E-state index contributed by atoms with van der Waals surface area (Å²) in [6, 6.07) is 0. The molecule has 0 amide bonds. The number of aliphatic hydroxyl groups excluding tert-OH is 1. The molecule has 0 aliphatic rings. The molecule has 0 aromatic rings. The van der Waals surface area contributed by atoms with Crippen molar-refractivity contribution in [1.29, 1.82) is 0 Å². The monoisotopic (exact) mass is 288 g/mol. The topological polar surface area (TPSA) is 38.7 Å². The summed E-state index contributed by atoms with van der Waals surface area (Å²) in [5.74, 6) is 0. The molecule has 0 spiro atoms. The molecule has 1 N–H and O–H groups in total. The molecule has 0 radical (unpaired) electrons. The Balaban J connectivity index is 5.13. The summed E-state index contributed by atoms with van der Waals surface area (Å²) in [7, 11) is -0.287. The fraction of sp³-hybridized carbons (Fsp3) is 0.867. The molecule has 0 aromatic carbocycles. The maximum atomic E-state index is 10.2. The molecule has 3 nitrogen and oxygen atoms in total. The Morgan fingerprint density at radius 2 is 1.58 bits per heavy atom. The predicted molar refractivity (Wildman–Crippen MR) is 83.7 cm³/mol. The number of hydrogen-bond acceptors (Lipinski definition) is 3. The maximum absolute atomic E-state index is 10.2. The summed E-state index contributed by atoms with van der Waals surface area (Å²) in [5.41, 5.74) is -0.489. The molecule has 114 valence electrons. The number of hydrogen-bond donors (Lipinski definition) is 1. The van der Waals surface area contributed by atoms with E-state index < -0.39 is 26.1 Å². The van der Waals surface area contributed by atoms with E-state index in [-0.39, 0.29) is 5.04 Å². The van der Waals surface area contributed by atoms with Crippen LogP contribution in [0.2, 0.25) is 18.1 Å². The zero-order valence-electron chi connectivity index (χ0n) is 14.1. The molecule has 4 heteroatoms. The van der Waals surface area contributed by atoms with Gasteiger partial charge < -0.3 is 14.3 Å². The third-order valence-corrected chi connectivity index (χ3v) is 8.58. The molecule has 0 saturated carbocycles. The van der Waals surface area contributed by atoms with Gasteiger partial charge in [-0.25, -0.2) is 0 Å². The van der Waals surface area contributed by atoms with Crippen molar-refractivity contribution in [3.05, 3.63) is 12.2 Å². The standard InChI is InChI=1S/C15H32O3Si/c1-10-11-12(16)15(5,6)13(17-7)18-19(8,9)14(2,3)4/h10-13,16H,1-9H3/b11-10+. The quantitative estimate of drug-likeness (QED) is 0.457. The highest BCUT2D eigenvalue weighted by Gasteiger charge is 2.45. The number of aliphatic hydroxyl groups is 1. The highest BCUT2D eigenvalue weighted by molar-refractivity contribution is 6.74. The van der Waals surface area contributed by atoms with Crippen LogP contribution >= 0.6 is 0 Å². The summed E-state index contributed by atoms with van der Waals surface area (Å²) in [6.07, 6.45) is 2.62. The summed E-state index contributed by atoms with van der Waals surface area (Å²) >= 11 is 0. The number of rotatable bonds is 6. The second-order valence-electron chi connectivity index (χ2n) is 7.24. The van der Waals surface area contributed by atoms with Gasteiger partial charge in [0.15, 0.2) is 14.6 Å². The van der Waals surface area contributed by atoms with Gasteiger partial charge in [0.25, 0.3) is 0 Å². The first-order chi connectivity index (χ1) is 8.40. The Bertz CT molecular complexity index is 303. The second kappa shape index (κ2) is 6.53. The average Bonchev–Trinajstić information content (AvgIpc) is 2.24. The lowest BCUT2D eigenvalue weighted by Crippen LogP contribution is -2.51. The summed E-state index contributed by atoms with van der Waals surface area (Å²) in [4.78, 5) is 0. The van der Waals surface area contributed by atoms with Crippen LogP contribution in [0.5, 0.6) is 0 Å². The molecule has 0 aliphatic heterocycles. The van der Waals surface area contributed by atoms with Crippen LogP contribution in [0.15, 0.2) is 12.2 Å². The van der Waals surface area contributed by atoms with Gasteiger partial charge in [-0.3, -0.25) is 0 Å². The molecule has 2 unspecified atom stereocenters. The predicted octanol–water partition coefficient (Wildman–Crippen LogP) is 3.94. The van der Waals surface area contributed by atoms with E-state index in [4.69, 9.17) is 9.16 Å². The maximum Gasteiger partial charge on any atom is 0.195 e. The molecule has 0 aromatic heterocycles. The van der Waals surface area contributed by atoms with Crippen LogP contribution in [0.25, 0.3) is 0 Å². The van der Waals surface area contributed by atoms with E-state index in [0.717, 1.165) is 0 Å². The smallest absolute Gasteiger partial charge is 0.195 e. The Kier molecular flexibility index (Phi) is 6.47. The van der Waals surface area contributed by atoms with E-state index >= 15 is 0 Å². The summed E-state index contributed by atoms with van der Waals surface area (Å²) in [6.45, 7) is 16.8. The lowest BCUT2D eigenvalue weighted by molar-refractivity contribution is -0.162. The molecule has 0 aliphatic carbocycles. The number of ether oxygens (including phenoxy) is 1. The van der Waals surface area contributed by atoms with Crippen molar-refractivity contribution in [2.45, 2.75) is 72.1 Å². The van der Waals surface area contributed by atoms with E-state index in [1.54, 1.807) is 13.2 Å². The molecule has 0 bridgehead atoms. The van der Waals surface area contributed by atoms with Gasteiger partial charge in [0.2, 0.25) is 0 Å². The van der Waals surface area contributed by atoms with Crippen molar-refractivity contribution in [3.8, 4) is 0 Å². The Morgan fingerprint density at radius 3 is 1.89 bits per heavy atom. The molecule has 19 heavy (non-hydrogen) atoms. The van der Waals surface area contributed by atoms with Gasteiger partial charge in [0.05, 0.1) is 6.10 Å². The van der Waals surface area contributed by atoms with E-state index in [2.05, 4.69) is 33.9 Å². The van der Waals surface area contributed by atoms with Crippen LogP contribution in [0, 0.1) is 5.41 Å². The molecule has 2 atom stereocenters. The van der Waals surface area contributed by atoms with Crippen molar-refractivity contribution < 1.29 is 14.3 Å². The van der Waals surface area contributed by atoms with Crippen LogP contribution in [-0.4, -0.2) is 32.9 Å². The van der Waals surface area contributed by atoms with Crippen molar-refractivity contribution in [1.82, 2.24) is 0 Å². The minimum absolute atomic E-state index is 0.116. The lowest BCUT2D eigenvalue weighted by atomic mass is 9.85. The largest absolute Gasteiger partial charge is 0.392 e. The van der Waals surface area contributed by atoms with Crippen LogP contribution < -0.4 is 0 Å². The van der Waals surface area contributed by atoms with Crippen molar-refractivity contribution in [3.63, 3.8) is 0 Å². The molecular formula is C15H32O3Si. The van der Waals surface area contributed by atoms with E-state index in [0.29, 0.717) is 0 Å². The second-order valence-corrected chi connectivity index (χ2v) is 12.0. The Labute approximate surface area is 120 Å². The normalized spacial score (nSPS) is 17.8.